The van der Waals surface area contributed by atoms with Crippen molar-refractivity contribution in [1.29, 1.82) is 0 Å². The Balaban J connectivity index is 1.63. The molecule has 1 unspecified atom stereocenters. The summed E-state index contributed by atoms with van der Waals surface area (Å²) in [4.78, 5) is 15.3. The van der Waals surface area contributed by atoms with Crippen molar-refractivity contribution in [2.24, 2.45) is 0 Å². The third-order valence-corrected chi connectivity index (χ3v) is 8.99. The van der Waals surface area contributed by atoms with Crippen LogP contribution in [-0.2, 0) is 14.6 Å². The number of rotatable bonds is 7. The van der Waals surface area contributed by atoms with Crippen LogP contribution in [-0.4, -0.2) is 55.1 Å². The molecule has 0 bridgehead atoms. The van der Waals surface area contributed by atoms with Crippen LogP contribution in [0.4, 0.5) is 0 Å². The topological polar surface area (TPSA) is 86.7 Å². The van der Waals surface area contributed by atoms with Crippen LogP contribution in [0.5, 0.6) is 0 Å². The summed E-state index contributed by atoms with van der Waals surface area (Å²) >= 11 is 1.75. The molecule has 1 aliphatic rings. The molecule has 0 saturated heterocycles. The second kappa shape index (κ2) is 9.01. The lowest BCUT2D eigenvalue weighted by Crippen LogP contribution is -2.51. The number of aryl methyl sites for hydroxylation is 1. The summed E-state index contributed by atoms with van der Waals surface area (Å²) in [5, 5.41) is 11.1. The van der Waals surface area contributed by atoms with Crippen LogP contribution < -0.4 is 5.48 Å². The van der Waals surface area contributed by atoms with Gasteiger partial charge in [-0.1, -0.05) is 30.3 Å². The van der Waals surface area contributed by atoms with Crippen LogP contribution in [0.15, 0.2) is 41.8 Å². The normalized spacial score (nSPS) is 17.3. The van der Waals surface area contributed by atoms with E-state index in [4.69, 9.17) is 5.21 Å². The monoisotopic (exact) mass is 448 g/mol. The van der Waals surface area contributed by atoms with E-state index in [0.29, 0.717) is 13.1 Å². The van der Waals surface area contributed by atoms with E-state index in [-0.39, 0.29) is 6.42 Å². The van der Waals surface area contributed by atoms with Gasteiger partial charge in [-0.25, -0.2) is 13.9 Å². The molecule has 1 aromatic heterocycles. The van der Waals surface area contributed by atoms with Gasteiger partial charge in [0.2, 0.25) is 0 Å². The lowest BCUT2D eigenvalue weighted by Gasteiger charge is -2.31. The number of thiophene rings is 1. The highest BCUT2D eigenvalue weighted by Gasteiger charge is 2.43. The number of carbonyl (C=O) groups is 1. The minimum atomic E-state index is -3.67. The van der Waals surface area contributed by atoms with Crippen molar-refractivity contribution in [2.45, 2.75) is 31.4 Å². The second-order valence-electron chi connectivity index (χ2n) is 8.04. The minimum absolute atomic E-state index is 0.121. The zero-order chi connectivity index (χ0) is 21.9. The lowest BCUT2D eigenvalue weighted by atomic mass is 9.97. The predicted molar refractivity (Wildman–Crippen MR) is 121 cm³/mol. The van der Waals surface area contributed by atoms with Crippen molar-refractivity contribution in [3.63, 3.8) is 0 Å². The lowest BCUT2D eigenvalue weighted by molar-refractivity contribution is -0.131. The SMILES string of the molecule is Cc1csc(-c2ccc(C3=CCN(CCC(C)(C(=O)NO)S(C)(=O)=O)CC3)cc2)c1. The first-order chi connectivity index (χ1) is 14.1. The van der Waals surface area contributed by atoms with Crippen molar-refractivity contribution in [2.75, 3.05) is 25.9 Å². The van der Waals surface area contributed by atoms with Gasteiger partial charge >= 0.3 is 0 Å². The maximum atomic E-state index is 12.1. The maximum Gasteiger partial charge on any atom is 0.264 e. The van der Waals surface area contributed by atoms with E-state index in [2.05, 4.69) is 53.6 Å². The van der Waals surface area contributed by atoms with Gasteiger partial charge in [0.1, 0.15) is 0 Å². The Labute approximate surface area is 182 Å². The van der Waals surface area contributed by atoms with E-state index in [1.807, 2.05) is 0 Å². The quantitative estimate of drug-likeness (QED) is 0.500. The number of nitrogens with zero attached hydrogens (tertiary/aromatic N) is 1. The number of benzene rings is 1. The molecule has 0 spiro atoms. The van der Waals surface area contributed by atoms with Crippen LogP contribution in [0.2, 0.25) is 0 Å². The third-order valence-electron chi connectivity index (χ3n) is 5.87. The first kappa shape index (κ1) is 22.7. The highest BCUT2D eigenvalue weighted by Crippen LogP contribution is 2.30. The summed E-state index contributed by atoms with van der Waals surface area (Å²) in [6.07, 6.45) is 4.17. The number of hydrogen-bond donors (Lipinski definition) is 2. The number of hydrogen-bond acceptors (Lipinski definition) is 6. The maximum absolute atomic E-state index is 12.1. The number of amides is 1. The molecule has 2 heterocycles. The Bertz CT molecular complexity index is 1040. The molecule has 0 radical (unpaired) electrons. The first-order valence-corrected chi connectivity index (χ1v) is 12.6. The van der Waals surface area contributed by atoms with E-state index in [9.17, 15) is 13.2 Å². The van der Waals surface area contributed by atoms with Crippen LogP contribution in [0.3, 0.4) is 0 Å². The minimum Gasteiger partial charge on any atom is -0.299 e. The average molecular weight is 449 g/mol. The highest BCUT2D eigenvalue weighted by molar-refractivity contribution is 7.92. The molecule has 1 amide bonds. The largest absolute Gasteiger partial charge is 0.299 e. The van der Waals surface area contributed by atoms with Gasteiger partial charge in [0, 0.05) is 30.8 Å². The Morgan fingerprint density at radius 1 is 1.27 bits per heavy atom. The van der Waals surface area contributed by atoms with Crippen molar-refractivity contribution in [3.05, 3.63) is 52.9 Å². The summed E-state index contributed by atoms with van der Waals surface area (Å²) in [5.74, 6) is -0.890. The molecule has 8 heteroatoms. The Morgan fingerprint density at radius 2 is 1.93 bits per heavy atom. The molecular weight excluding hydrogens is 420 g/mol. The van der Waals surface area contributed by atoms with Gasteiger partial charge in [0.05, 0.1) is 0 Å². The molecule has 3 rings (SSSR count). The summed E-state index contributed by atoms with van der Waals surface area (Å²) in [7, 11) is -3.67. The summed E-state index contributed by atoms with van der Waals surface area (Å²) in [5.41, 5.74) is 6.47. The van der Waals surface area contributed by atoms with Gasteiger partial charge in [0.25, 0.3) is 5.91 Å². The van der Waals surface area contributed by atoms with Crippen LogP contribution in [0, 0.1) is 6.92 Å². The van der Waals surface area contributed by atoms with Gasteiger partial charge in [-0.05, 0) is 60.4 Å². The fraction of sp³-hybridized carbons (Fsp3) is 0.409. The molecule has 6 nitrogen and oxygen atoms in total. The van der Waals surface area contributed by atoms with Crippen LogP contribution in [0.1, 0.15) is 30.9 Å². The standard InChI is InChI=1S/C22H28N2O4S2/c1-16-14-20(29-15-16)19-6-4-17(5-7-19)18-8-11-24(12-9-18)13-10-22(2,21(25)23-26)30(3,27)28/h4-8,14-15,26H,9-13H2,1-3H3,(H,23,25). The van der Waals surface area contributed by atoms with Gasteiger partial charge in [-0.15, -0.1) is 11.3 Å². The molecule has 162 valence electrons. The molecule has 1 atom stereocenters. The fourth-order valence-corrected chi connectivity index (χ4v) is 5.32. The molecule has 0 fully saturated rings. The molecule has 0 saturated carbocycles. The zero-order valence-corrected chi connectivity index (χ0v) is 19.1. The van der Waals surface area contributed by atoms with Crippen molar-refractivity contribution in [3.8, 4) is 10.4 Å². The molecule has 2 N–H and O–H groups in total. The van der Waals surface area contributed by atoms with Crippen LogP contribution in [0.25, 0.3) is 16.0 Å². The average Bonchev–Trinajstić information content (AvgIpc) is 3.17. The Kier molecular flexibility index (Phi) is 6.81. The highest BCUT2D eigenvalue weighted by atomic mass is 32.2. The second-order valence-corrected chi connectivity index (χ2v) is 11.4. The number of hydroxylamine groups is 1. The zero-order valence-electron chi connectivity index (χ0n) is 17.5. The molecule has 1 aliphatic heterocycles. The van der Waals surface area contributed by atoms with Crippen LogP contribution >= 0.6 is 11.3 Å². The van der Waals surface area contributed by atoms with E-state index < -0.39 is 20.5 Å². The van der Waals surface area contributed by atoms with Gasteiger partial charge < -0.3 is 0 Å². The van der Waals surface area contributed by atoms with E-state index in [1.54, 1.807) is 11.3 Å². The van der Waals surface area contributed by atoms with E-state index in [0.717, 1.165) is 19.2 Å². The number of carbonyl (C=O) groups excluding carboxylic acids is 1. The van der Waals surface area contributed by atoms with Crippen molar-refractivity contribution < 1.29 is 18.4 Å². The molecule has 0 aliphatic carbocycles. The van der Waals surface area contributed by atoms with Gasteiger partial charge in [-0.2, -0.15) is 0 Å². The number of sulfone groups is 1. The molecule has 2 aromatic rings. The van der Waals surface area contributed by atoms with Gasteiger partial charge in [-0.3, -0.25) is 14.9 Å². The summed E-state index contributed by atoms with van der Waals surface area (Å²) in [6, 6.07) is 10.8. The molecule has 1 aromatic carbocycles. The fourth-order valence-electron chi connectivity index (χ4n) is 3.56. The summed E-state index contributed by atoms with van der Waals surface area (Å²) in [6.45, 7) is 5.40. The van der Waals surface area contributed by atoms with Crippen molar-refractivity contribution >= 4 is 32.7 Å². The Morgan fingerprint density at radius 3 is 2.43 bits per heavy atom. The number of nitrogens with one attached hydrogen (secondary N) is 1. The molecule has 30 heavy (non-hydrogen) atoms. The smallest absolute Gasteiger partial charge is 0.264 e. The third kappa shape index (κ3) is 4.83. The van der Waals surface area contributed by atoms with E-state index in [1.165, 1.54) is 39.5 Å². The Hall–Kier alpha value is -2.00. The first-order valence-electron chi connectivity index (χ1n) is 9.85. The van der Waals surface area contributed by atoms with E-state index >= 15 is 0 Å². The molecular formula is C22H28N2O4S2. The predicted octanol–water partition coefficient (Wildman–Crippen LogP) is 3.51. The van der Waals surface area contributed by atoms with Crippen molar-refractivity contribution in [1.82, 2.24) is 10.4 Å². The van der Waals surface area contributed by atoms with Gasteiger partial charge in [0.15, 0.2) is 14.6 Å². The summed E-state index contributed by atoms with van der Waals surface area (Å²) < 4.78 is 22.5.